The van der Waals surface area contributed by atoms with Gasteiger partial charge in [0.1, 0.15) is 0 Å². The zero-order chi connectivity index (χ0) is 13.5. The standard InChI is InChI=1S/C13H23N3O2/c1-5-7-11-12(13(17)18-6-2)14-15-16(11)9-8-10(3)4/h10H,5-9H2,1-4H3. The first-order chi connectivity index (χ1) is 8.60. The molecule has 1 heterocycles. The lowest BCUT2D eigenvalue weighted by molar-refractivity contribution is 0.0518. The molecule has 0 saturated heterocycles. The van der Waals surface area contributed by atoms with Crippen LogP contribution in [0.2, 0.25) is 0 Å². The van der Waals surface area contributed by atoms with E-state index in [-0.39, 0.29) is 5.97 Å². The molecular weight excluding hydrogens is 230 g/mol. The maximum absolute atomic E-state index is 11.8. The molecule has 0 unspecified atom stereocenters. The Morgan fingerprint density at radius 2 is 2.11 bits per heavy atom. The fourth-order valence-corrected chi connectivity index (χ4v) is 1.74. The van der Waals surface area contributed by atoms with Crippen molar-refractivity contribution in [2.75, 3.05) is 6.61 Å². The predicted molar refractivity (Wildman–Crippen MR) is 69.4 cm³/mol. The van der Waals surface area contributed by atoms with Crippen molar-refractivity contribution in [2.24, 2.45) is 5.92 Å². The fourth-order valence-electron chi connectivity index (χ4n) is 1.74. The van der Waals surface area contributed by atoms with Crippen molar-refractivity contribution in [3.63, 3.8) is 0 Å². The monoisotopic (exact) mass is 253 g/mol. The average molecular weight is 253 g/mol. The second-order valence-electron chi connectivity index (χ2n) is 4.76. The van der Waals surface area contributed by atoms with Crippen molar-refractivity contribution >= 4 is 5.97 Å². The molecule has 0 radical (unpaired) electrons. The molecule has 5 nitrogen and oxygen atoms in total. The third-order valence-electron chi connectivity index (χ3n) is 2.71. The number of esters is 1. The highest BCUT2D eigenvalue weighted by atomic mass is 16.5. The van der Waals surface area contributed by atoms with E-state index in [1.807, 2.05) is 4.68 Å². The summed E-state index contributed by atoms with van der Waals surface area (Å²) < 4.78 is 6.84. The highest BCUT2D eigenvalue weighted by molar-refractivity contribution is 5.88. The van der Waals surface area contributed by atoms with Crippen LogP contribution in [-0.2, 0) is 17.7 Å². The lowest BCUT2D eigenvalue weighted by atomic mass is 10.1. The first kappa shape index (κ1) is 14.7. The number of rotatable bonds is 7. The van der Waals surface area contributed by atoms with Crippen LogP contribution in [0.25, 0.3) is 0 Å². The van der Waals surface area contributed by atoms with Crippen molar-refractivity contribution in [3.8, 4) is 0 Å². The summed E-state index contributed by atoms with van der Waals surface area (Å²) in [6.45, 7) is 9.38. The molecule has 0 aliphatic heterocycles. The lowest BCUT2D eigenvalue weighted by Crippen LogP contribution is -2.12. The maximum atomic E-state index is 11.8. The highest BCUT2D eigenvalue weighted by Gasteiger charge is 2.19. The van der Waals surface area contributed by atoms with E-state index in [9.17, 15) is 4.79 Å². The van der Waals surface area contributed by atoms with E-state index in [2.05, 4.69) is 31.1 Å². The Labute approximate surface area is 109 Å². The topological polar surface area (TPSA) is 57.0 Å². The Balaban J connectivity index is 2.87. The van der Waals surface area contributed by atoms with Crippen LogP contribution in [0.4, 0.5) is 0 Å². The Morgan fingerprint density at radius 1 is 1.39 bits per heavy atom. The predicted octanol–water partition coefficient (Wildman–Crippen LogP) is 2.45. The molecule has 1 aromatic rings. The van der Waals surface area contributed by atoms with Gasteiger partial charge in [-0.15, -0.1) is 5.10 Å². The third kappa shape index (κ3) is 3.82. The van der Waals surface area contributed by atoms with Gasteiger partial charge in [0.05, 0.1) is 12.3 Å². The van der Waals surface area contributed by atoms with Crippen LogP contribution in [0.5, 0.6) is 0 Å². The van der Waals surface area contributed by atoms with Gasteiger partial charge in [-0.1, -0.05) is 32.4 Å². The van der Waals surface area contributed by atoms with Gasteiger partial charge in [-0.05, 0) is 25.7 Å². The number of carbonyl (C=O) groups excluding carboxylic acids is 1. The van der Waals surface area contributed by atoms with Gasteiger partial charge in [-0.2, -0.15) is 0 Å². The summed E-state index contributed by atoms with van der Waals surface area (Å²) in [5.41, 5.74) is 1.28. The molecule has 1 rings (SSSR count). The largest absolute Gasteiger partial charge is 0.461 e. The van der Waals surface area contributed by atoms with E-state index in [1.54, 1.807) is 6.92 Å². The van der Waals surface area contributed by atoms with Gasteiger partial charge in [0.15, 0.2) is 5.69 Å². The van der Waals surface area contributed by atoms with Gasteiger partial charge < -0.3 is 4.74 Å². The number of hydrogen-bond donors (Lipinski definition) is 0. The van der Waals surface area contributed by atoms with Gasteiger partial charge in [0.25, 0.3) is 0 Å². The molecular formula is C13H23N3O2. The van der Waals surface area contributed by atoms with Gasteiger partial charge in [-0.25, -0.2) is 9.48 Å². The molecule has 0 spiro atoms. The van der Waals surface area contributed by atoms with Gasteiger partial charge >= 0.3 is 5.97 Å². The van der Waals surface area contributed by atoms with Crippen LogP contribution in [0, 0.1) is 5.92 Å². The van der Waals surface area contributed by atoms with Crippen molar-refractivity contribution in [2.45, 2.75) is 53.5 Å². The van der Waals surface area contributed by atoms with E-state index in [0.717, 1.165) is 31.5 Å². The van der Waals surface area contributed by atoms with E-state index >= 15 is 0 Å². The molecule has 0 aliphatic carbocycles. The Morgan fingerprint density at radius 3 is 2.67 bits per heavy atom. The molecule has 0 bridgehead atoms. The van der Waals surface area contributed by atoms with E-state index in [1.165, 1.54) is 0 Å². The van der Waals surface area contributed by atoms with Crippen LogP contribution in [0.15, 0.2) is 0 Å². The van der Waals surface area contributed by atoms with Crippen LogP contribution in [0.3, 0.4) is 0 Å². The number of hydrogen-bond acceptors (Lipinski definition) is 4. The van der Waals surface area contributed by atoms with E-state index in [4.69, 9.17) is 4.74 Å². The fraction of sp³-hybridized carbons (Fsp3) is 0.769. The minimum atomic E-state index is -0.364. The number of carbonyl (C=O) groups is 1. The molecule has 0 aliphatic rings. The molecule has 5 heteroatoms. The summed E-state index contributed by atoms with van der Waals surface area (Å²) in [6, 6.07) is 0. The minimum Gasteiger partial charge on any atom is -0.461 e. The van der Waals surface area contributed by atoms with Crippen molar-refractivity contribution in [1.82, 2.24) is 15.0 Å². The summed E-state index contributed by atoms with van der Waals surface area (Å²) in [5.74, 6) is 0.242. The van der Waals surface area contributed by atoms with Gasteiger partial charge in [0.2, 0.25) is 0 Å². The van der Waals surface area contributed by atoms with E-state index in [0.29, 0.717) is 18.2 Å². The molecule has 0 fully saturated rings. The van der Waals surface area contributed by atoms with Crippen LogP contribution in [-0.4, -0.2) is 27.6 Å². The summed E-state index contributed by atoms with van der Waals surface area (Å²) in [4.78, 5) is 11.8. The van der Waals surface area contributed by atoms with Crippen molar-refractivity contribution in [1.29, 1.82) is 0 Å². The smallest absolute Gasteiger partial charge is 0.360 e. The maximum Gasteiger partial charge on any atom is 0.360 e. The summed E-state index contributed by atoms with van der Waals surface area (Å²) in [6.07, 6.45) is 2.79. The number of nitrogens with zero attached hydrogens (tertiary/aromatic N) is 3. The number of aromatic nitrogens is 3. The Kier molecular flexibility index (Phi) is 5.82. The van der Waals surface area contributed by atoms with Gasteiger partial charge in [-0.3, -0.25) is 0 Å². The highest BCUT2D eigenvalue weighted by Crippen LogP contribution is 2.12. The normalized spacial score (nSPS) is 10.9. The SMILES string of the molecule is CCCc1c(C(=O)OCC)nnn1CCC(C)C. The van der Waals surface area contributed by atoms with Gasteiger partial charge in [0, 0.05) is 6.54 Å². The molecule has 0 aromatic carbocycles. The van der Waals surface area contributed by atoms with Crippen molar-refractivity contribution in [3.05, 3.63) is 11.4 Å². The number of ether oxygens (including phenoxy) is 1. The molecule has 0 amide bonds. The average Bonchev–Trinajstić information content (AvgIpc) is 2.70. The molecule has 0 N–H and O–H groups in total. The summed E-state index contributed by atoms with van der Waals surface area (Å²) in [5, 5.41) is 8.05. The van der Waals surface area contributed by atoms with Crippen molar-refractivity contribution < 1.29 is 9.53 Å². The first-order valence-electron chi connectivity index (χ1n) is 6.69. The van der Waals surface area contributed by atoms with Crippen LogP contribution in [0.1, 0.15) is 56.7 Å². The molecule has 102 valence electrons. The molecule has 0 saturated carbocycles. The molecule has 1 aromatic heterocycles. The summed E-state index contributed by atoms with van der Waals surface area (Å²) in [7, 11) is 0. The van der Waals surface area contributed by atoms with Crippen LogP contribution >= 0.6 is 0 Å². The zero-order valence-electron chi connectivity index (χ0n) is 11.8. The quantitative estimate of drug-likeness (QED) is 0.700. The first-order valence-corrected chi connectivity index (χ1v) is 6.69. The summed E-state index contributed by atoms with van der Waals surface area (Å²) >= 11 is 0. The minimum absolute atomic E-state index is 0.364. The number of aryl methyl sites for hydroxylation is 1. The lowest BCUT2D eigenvalue weighted by Gasteiger charge is -2.08. The molecule has 0 atom stereocenters. The van der Waals surface area contributed by atoms with E-state index < -0.39 is 0 Å². The zero-order valence-corrected chi connectivity index (χ0v) is 11.8. The Bertz CT molecular complexity index is 386. The molecule has 18 heavy (non-hydrogen) atoms. The second-order valence-corrected chi connectivity index (χ2v) is 4.76. The van der Waals surface area contributed by atoms with Crippen LogP contribution < -0.4 is 0 Å². The Hall–Kier alpha value is -1.39. The third-order valence-corrected chi connectivity index (χ3v) is 2.71. The second kappa shape index (κ2) is 7.13.